The Labute approximate surface area is 112 Å². The standard InChI is InChI=1S/C11H19N3O4S/c1-7-10(14-9(5-15)6-18-2)3-8(12)4-11(7)19(13,16)17/h3-4,9,14-15H,5-6,12H2,1-2H3,(H2,13,16,17). The van der Waals surface area contributed by atoms with Crippen molar-refractivity contribution >= 4 is 21.4 Å². The first-order valence-corrected chi connectivity index (χ1v) is 7.13. The molecular weight excluding hydrogens is 270 g/mol. The highest BCUT2D eigenvalue weighted by Crippen LogP contribution is 2.26. The van der Waals surface area contributed by atoms with E-state index in [1.807, 2.05) is 0 Å². The van der Waals surface area contributed by atoms with Crippen LogP contribution in [0, 0.1) is 6.92 Å². The Morgan fingerprint density at radius 1 is 1.47 bits per heavy atom. The molecule has 6 N–H and O–H groups in total. The smallest absolute Gasteiger partial charge is 0.238 e. The van der Waals surface area contributed by atoms with Gasteiger partial charge in [0.2, 0.25) is 10.0 Å². The van der Waals surface area contributed by atoms with Crippen LogP contribution in [0.4, 0.5) is 11.4 Å². The van der Waals surface area contributed by atoms with Gasteiger partial charge in [-0.05, 0) is 24.6 Å². The SMILES string of the molecule is COCC(CO)Nc1cc(N)cc(S(N)(=O)=O)c1C. The number of anilines is 2. The number of nitrogens with two attached hydrogens (primary N) is 2. The summed E-state index contributed by atoms with van der Waals surface area (Å²) in [6.07, 6.45) is 0. The number of sulfonamides is 1. The van der Waals surface area contributed by atoms with E-state index in [1.165, 1.54) is 13.2 Å². The highest BCUT2D eigenvalue weighted by Gasteiger charge is 2.17. The summed E-state index contributed by atoms with van der Waals surface area (Å²) in [5.41, 5.74) is 6.88. The van der Waals surface area contributed by atoms with Gasteiger partial charge in [0.05, 0.1) is 24.2 Å². The Hall–Kier alpha value is -1.35. The van der Waals surface area contributed by atoms with Crippen LogP contribution in [0.3, 0.4) is 0 Å². The molecule has 1 unspecified atom stereocenters. The Morgan fingerprint density at radius 3 is 2.58 bits per heavy atom. The zero-order chi connectivity index (χ0) is 14.6. The van der Waals surface area contributed by atoms with Crippen molar-refractivity contribution in [1.82, 2.24) is 0 Å². The highest BCUT2D eigenvalue weighted by molar-refractivity contribution is 7.89. The molecule has 0 bridgehead atoms. The first-order valence-electron chi connectivity index (χ1n) is 5.58. The molecule has 0 radical (unpaired) electrons. The number of nitrogen functional groups attached to an aromatic ring is 1. The van der Waals surface area contributed by atoms with Gasteiger partial charge < -0.3 is 20.9 Å². The molecular formula is C11H19N3O4S. The lowest BCUT2D eigenvalue weighted by atomic mass is 10.1. The van der Waals surface area contributed by atoms with Crippen molar-refractivity contribution in [2.24, 2.45) is 5.14 Å². The number of aliphatic hydroxyl groups is 1. The number of benzene rings is 1. The van der Waals surface area contributed by atoms with Crippen molar-refractivity contribution in [3.05, 3.63) is 17.7 Å². The summed E-state index contributed by atoms with van der Waals surface area (Å²) in [7, 11) is -2.34. The van der Waals surface area contributed by atoms with Crippen molar-refractivity contribution in [3.63, 3.8) is 0 Å². The fourth-order valence-corrected chi connectivity index (χ4v) is 2.55. The van der Waals surface area contributed by atoms with Crippen molar-refractivity contribution in [2.45, 2.75) is 17.9 Å². The summed E-state index contributed by atoms with van der Waals surface area (Å²) < 4.78 is 27.9. The molecule has 108 valence electrons. The van der Waals surface area contributed by atoms with Crippen molar-refractivity contribution in [2.75, 3.05) is 31.4 Å². The molecule has 0 saturated heterocycles. The predicted molar refractivity (Wildman–Crippen MR) is 73.3 cm³/mol. The summed E-state index contributed by atoms with van der Waals surface area (Å²) in [5.74, 6) is 0. The van der Waals surface area contributed by atoms with Crippen LogP contribution in [0.1, 0.15) is 5.56 Å². The number of aliphatic hydroxyl groups excluding tert-OH is 1. The summed E-state index contributed by atoms with van der Waals surface area (Å²) in [4.78, 5) is -0.0379. The van der Waals surface area contributed by atoms with Gasteiger partial charge in [-0.25, -0.2) is 13.6 Å². The van der Waals surface area contributed by atoms with Crippen LogP contribution in [0.2, 0.25) is 0 Å². The zero-order valence-corrected chi connectivity index (χ0v) is 11.7. The Bertz CT molecular complexity index is 545. The molecule has 0 aliphatic carbocycles. The molecule has 0 aromatic heterocycles. The first-order chi connectivity index (χ1) is 8.79. The second kappa shape index (κ2) is 6.20. The van der Waals surface area contributed by atoms with Gasteiger partial charge >= 0.3 is 0 Å². The molecule has 1 rings (SSSR count). The third kappa shape index (κ3) is 4.06. The molecule has 0 saturated carbocycles. The lowest BCUT2D eigenvalue weighted by molar-refractivity contribution is 0.153. The molecule has 8 heteroatoms. The lowest BCUT2D eigenvalue weighted by Crippen LogP contribution is -2.29. The topological polar surface area (TPSA) is 128 Å². The Kier molecular flexibility index (Phi) is 5.12. The largest absolute Gasteiger partial charge is 0.399 e. The normalized spacial score (nSPS) is 13.3. The minimum absolute atomic E-state index is 0.0379. The Balaban J connectivity index is 3.18. The molecule has 1 atom stereocenters. The number of hydrogen-bond donors (Lipinski definition) is 4. The summed E-state index contributed by atoms with van der Waals surface area (Å²) in [6, 6.07) is 2.53. The van der Waals surface area contributed by atoms with E-state index >= 15 is 0 Å². The molecule has 1 aromatic rings. The average molecular weight is 289 g/mol. The molecule has 19 heavy (non-hydrogen) atoms. The van der Waals surface area contributed by atoms with E-state index < -0.39 is 10.0 Å². The molecule has 0 aliphatic rings. The molecule has 0 spiro atoms. The van der Waals surface area contributed by atoms with Gasteiger partial charge in [0, 0.05) is 18.5 Å². The van der Waals surface area contributed by atoms with Crippen molar-refractivity contribution in [3.8, 4) is 0 Å². The number of ether oxygens (including phenoxy) is 1. The second-order valence-electron chi connectivity index (χ2n) is 4.22. The molecule has 0 heterocycles. The van der Waals surface area contributed by atoms with Crippen molar-refractivity contribution < 1.29 is 18.3 Å². The van der Waals surface area contributed by atoms with E-state index in [1.54, 1.807) is 13.0 Å². The number of rotatable bonds is 6. The minimum Gasteiger partial charge on any atom is -0.399 e. The third-order valence-corrected chi connectivity index (χ3v) is 3.67. The van der Waals surface area contributed by atoms with Crippen LogP contribution < -0.4 is 16.2 Å². The zero-order valence-electron chi connectivity index (χ0n) is 10.9. The maximum atomic E-state index is 11.5. The molecule has 1 aromatic carbocycles. The molecule has 0 aliphatic heterocycles. The van der Waals surface area contributed by atoms with Gasteiger partial charge in [0.15, 0.2) is 0 Å². The van der Waals surface area contributed by atoms with Crippen LogP contribution >= 0.6 is 0 Å². The van der Waals surface area contributed by atoms with Crippen LogP contribution in [0.15, 0.2) is 17.0 Å². The van der Waals surface area contributed by atoms with E-state index in [4.69, 9.17) is 15.6 Å². The predicted octanol–water partition coefficient (Wildman–Crippen LogP) is -0.356. The van der Waals surface area contributed by atoms with Gasteiger partial charge in [0.25, 0.3) is 0 Å². The third-order valence-electron chi connectivity index (χ3n) is 2.64. The minimum atomic E-state index is -3.85. The van der Waals surface area contributed by atoms with Gasteiger partial charge in [-0.15, -0.1) is 0 Å². The lowest BCUT2D eigenvalue weighted by Gasteiger charge is -2.20. The molecule has 0 amide bonds. The number of nitrogens with one attached hydrogen (secondary N) is 1. The van der Waals surface area contributed by atoms with E-state index in [-0.39, 0.29) is 29.8 Å². The van der Waals surface area contributed by atoms with Gasteiger partial charge in [-0.3, -0.25) is 0 Å². The fourth-order valence-electron chi connectivity index (χ4n) is 1.72. The first kappa shape index (κ1) is 15.7. The van der Waals surface area contributed by atoms with Crippen LogP contribution in [-0.2, 0) is 14.8 Å². The number of methoxy groups -OCH3 is 1. The fraction of sp³-hybridized carbons (Fsp3) is 0.455. The van der Waals surface area contributed by atoms with E-state index in [0.717, 1.165) is 0 Å². The quantitative estimate of drug-likeness (QED) is 0.530. The summed E-state index contributed by atoms with van der Waals surface area (Å²) in [5, 5.41) is 17.3. The van der Waals surface area contributed by atoms with Gasteiger partial charge in [0.1, 0.15) is 0 Å². The van der Waals surface area contributed by atoms with E-state index in [0.29, 0.717) is 11.3 Å². The van der Waals surface area contributed by atoms with Crippen LogP contribution in [-0.4, -0.2) is 39.9 Å². The van der Waals surface area contributed by atoms with E-state index in [2.05, 4.69) is 5.32 Å². The Morgan fingerprint density at radius 2 is 2.11 bits per heavy atom. The monoisotopic (exact) mass is 289 g/mol. The second-order valence-corrected chi connectivity index (χ2v) is 5.75. The molecule has 7 nitrogen and oxygen atoms in total. The van der Waals surface area contributed by atoms with Crippen molar-refractivity contribution in [1.29, 1.82) is 0 Å². The van der Waals surface area contributed by atoms with Crippen LogP contribution in [0.25, 0.3) is 0 Å². The molecule has 0 fully saturated rings. The highest BCUT2D eigenvalue weighted by atomic mass is 32.2. The van der Waals surface area contributed by atoms with Gasteiger partial charge in [-0.1, -0.05) is 0 Å². The number of primary sulfonamides is 1. The number of hydrogen-bond acceptors (Lipinski definition) is 6. The van der Waals surface area contributed by atoms with E-state index in [9.17, 15) is 13.5 Å². The maximum absolute atomic E-state index is 11.5. The van der Waals surface area contributed by atoms with Gasteiger partial charge in [-0.2, -0.15) is 0 Å². The summed E-state index contributed by atoms with van der Waals surface area (Å²) in [6.45, 7) is 1.73. The average Bonchev–Trinajstić information content (AvgIpc) is 2.31. The van der Waals surface area contributed by atoms with Crippen LogP contribution in [0.5, 0.6) is 0 Å². The summed E-state index contributed by atoms with van der Waals surface area (Å²) >= 11 is 0. The maximum Gasteiger partial charge on any atom is 0.238 e.